The Morgan fingerprint density at radius 2 is 2.23 bits per heavy atom. The molecule has 2 aromatic rings. The quantitative estimate of drug-likeness (QED) is 0.907. The van der Waals surface area contributed by atoms with Gasteiger partial charge in [-0.15, -0.1) is 0 Å². The third-order valence-electron chi connectivity index (χ3n) is 4.61. The van der Waals surface area contributed by atoms with Gasteiger partial charge in [0.1, 0.15) is 11.6 Å². The van der Waals surface area contributed by atoms with Gasteiger partial charge in [0.05, 0.1) is 12.1 Å². The molecule has 0 spiro atoms. The highest BCUT2D eigenvalue weighted by molar-refractivity contribution is 5.97. The first-order valence-corrected chi connectivity index (χ1v) is 7.53. The van der Waals surface area contributed by atoms with Crippen LogP contribution in [-0.2, 0) is 4.79 Å². The normalized spacial score (nSPS) is 27.5. The maximum absolute atomic E-state index is 14.3. The number of hydrogen-bond acceptors (Lipinski definition) is 3. The van der Waals surface area contributed by atoms with E-state index in [1.165, 1.54) is 6.07 Å². The van der Waals surface area contributed by atoms with Crippen LogP contribution >= 0.6 is 0 Å². The molecule has 3 unspecified atom stereocenters. The van der Waals surface area contributed by atoms with Crippen molar-refractivity contribution in [2.45, 2.75) is 32.0 Å². The molecule has 4 rings (SSSR count). The van der Waals surface area contributed by atoms with Gasteiger partial charge in [0, 0.05) is 18.9 Å². The van der Waals surface area contributed by atoms with Crippen LogP contribution in [0, 0.1) is 12.7 Å². The number of benzene rings is 1. The summed E-state index contributed by atoms with van der Waals surface area (Å²) in [6, 6.07) is 8.28. The molecule has 2 fully saturated rings. The van der Waals surface area contributed by atoms with E-state index in [0.717, 1.165) is 24.3 Å². The first-order chi connectivity index (χ1) is 10.7. The van der Waals surface area contributed by atoms with Crippen molar-refractivity contribution in [2.75, 3.05) is 11.4 Å². The Kier molecular flexibility index (Phi) is 3.00. The molecule has 2 aliphatic heterocycles. The highest BCUT2D eigenvalue weighted by Crippen LogP contribution is 2.31. The highest BCUT2D eigenvalue weighted by Gasteiger charge is 2.55. The summed E-state index contributed by atoms with van der Waals surface area (Å²) >= 11 is 0. The molecule has 1 aromatic carbocycles. The summed E-state index contributed by atoms with van der Waals surface area (Å²) in [5.74, 6) is 0.828. The molecule has 0 radical (unpaired) electrons. The SMILES string of the molecule is Cc1cc(N2C(=O)C3CCC[NH+]3C2c2ccccc2F)no1. The molecule has 22 heavy (non-hydrogen) atoms. The van der Waals surface area contributed by atoms with E-state index >= 15 is 0 Å². The molecular formula is C16H17FN3O2+. The van der Waals surface area contributed by atoms with Crippen molar-refractivity contribution in [3.8, 4) is 0 Å². The number of rotatable bonds is 2. The molecule has 0 aliphatic carbocycles. The number of amides is 1. The van der Waals surface area contributed by atoms with Crippen LogP contribution in [0.15, 0.2) is 34.9 Å². The van der Waals surface area contributed by atoms with E-state index in [2.05, 4.69) is 5.16 Å². The minimum atomic E-state index is -0.370. The Labute approximate surface area is 127 Å². The van der Waals surface area contributed by atoms with Crippen molar-refractivity contribution >= 4 is 11.7 Å². The molecule has 2 aliphatic rings. The number of hydrogen-bond donors (Lipinski definition) is 1. The van der Waals surface area contributed by atoms with Gasteiger partial charge < -0.3 is 9.42 Å². The van der Waals surface area contributed by atoms with Crippen LogP contribution in [0.1, 0.15) is 30.3 Å². The Morgan fingerprint density at radius 1 is 1.41 bits per heavy atom. The van der Waals surface area contributed by atoms with Gasteiger partial charge >= 0.3 is 0 Å². The maximum Gasteiger partial charge on any atom is 0.291 e. The fourth-order valence-corrected chi connectivity index (χ4v) is 3.69. The fourth-order valence-electron chi connectivity index (χ4n) is 3.69. The van der Waals surface area contributed by atoms with Crippen molar-refractivity contribution in [2.24, 2.45) is 0 Å². The van der Waals surface area contributed by atoms with Crippen LogP contribution in [0.3, 0.4) is 0 Å². The van der Waals surface area contributed by atoms with Crippen molar-refractivity contribution < 1.29 is 18.6 Å². The minimum absolute atomic E-state index is 0.00838. The smallest absolute Gasteiger partial charge is 0.291 e. The van der Waals surface area contributed by atoms with Crippen molar-refractivity contribution in [3.05, 3.63) is 47.5 Å². The number of halogens is 1. The first-order valence-electron chi connectivity index (χ1n) is 7.53. The second-order valence-corrected chi connectivity index (χ2v) is 5.95. The van der Waals surface area contributed by atoms with Gasteiger partial charge in [0.2, 0.25) is 6.17 Å². The monoisotopic (exact) mass is 302 g/mol. The average molecular weight is 302 g/mol. The van der Waals surface area contributed by atoms with Crippen LogP contribution in [0.4, 0.5) is 10.2 Å². The fraction of sp³-hybridized carbons (Fsp3) is 0.375. The Morgan fingerprint density at radius 3 is 2.95 bits per heavy atom. The van der Waals surface area contributed by atoms with E-state index in [1.54, 1.807) is 36.1 Å². The Hall–Kier alpha value is -2.21. The van der Waals surface area contributed by atoms with Crippen LogP contribution in [0.25, 0.3) is 0 Å². The summed E-state index contributed by atoms with van der Waals surface area (Å²) in [5.41, 5.74) is 0.538. The highest BCUT2D eigenvalue weighted by atomic mass is 19.1. The molecule has 3 heterocycles. The van der Waals surface area contributed by atoms with Crippen molar-refractivity contribution in [1.29, 1.82) is 0 Å². The second kappa shape index (κ2) is 4.91. The molecular weight excluding hydrogens is 285 g/mol. The van der Waals surface area contributed by atoms with E-state index in [1.807, 2.05) is 0 Å². The minimum Gasteiger partial charge on any atom is -0.360 e. The summed E-state index contributed by atoms with van der Waals surface area (Å²) < 4.78 is 19.4. The number of fused-ring (bicyclic) bond motifs is 1. The van der Waals surface area contributed by atoms with E-state index in [-0.39, 0.29) is 23.9 Å². The molecule has 2 saturated heterocycles. The van der Waals surface area contributed by atoms with Crippen LogP contribution < -0.4 is 9.80 Å². The molecule has 1 amide bonds. The topological polar surface area (TPSA) is 50.8 Å². The van der Waals surface area contributed by atoms with Gasteiger partial charge in [-0.2, -0.15) is 0 Å². The van der Waals surface area contributed by atoms with E-state index in [0.29, 0.717) is 17.1 Å². The summed E-state index contributed by atoms with van der Waals surface area (Å²) in [6.45, 7) is 2.64. The number of aryl methyl sites for hydroxylation is 1. The average Bonchev–Trinajstić information content (AvgIpc) is 3.18. The number of nitrogens with zero attached hydrogens (tertiary/aromatic N) is 2. The summed E-state index contributed by atoms with van der Waals surface area (Å²) in [7, 11) is 0. The zero-order valence-corrected chi connectivity index (χ0v) is 12.3. The predicted molar refractivity (Wildman–Crippen MR) is 76.7 cm³/mol. The second-order valence-electron chi connectivity index (χ2n) is 5.95. The van der Waals surface area contributed by atoms with E-state index < -0.39 is 0 Å². The number of aromatic nitrogens is 1. The number of carbonyl (C=O) groups is 1. The third kappa shape index (κ3) is 1.87. The first kappa shape index (κ1) is 13.5. The van der Waals surface area contributed by atoms with Gasteiger partial charge in [-0.1, -0.05) is 17.3 Å². The number of anilines is 1. The molecule has 1 N–H and O–H groups in total. The molecule has 3 atom stereocenters. The molecule has 5 nitrogen and oxygen atoms in total. The van der Waals surface area contributed by atoms with Gasteiger partial charge in [0.15, 0.2) is 11.9 Å². The van der Waals surface area contributed by atoms with Crippen LogP contribution in [0.5, 0.6) is 0 Å². The zero-order valence-electron chi connectivity index (χ0n) is 12.3. The largest absolute Gasteiger partial charge is 0.360 e. The lowest BCUT2D eigenvalue weighted by Crippen LogP contribution is -3.12. The van der Waals surface area contributed by atoms with E-state index in [9.17, 15) is 9.18 Å². The summed E-state index contributed by atoms with van der Waals surface area (Å²) in [4.78, 5) is 15.5. The number of carbonyl (C=O) groups excluding carboxylic acids is 1. The summed E-state index contributed by atoms with van der Waals surface area (Å²) in [5, 5.41) is 3.98. The lowest BCUT2D eigenvalue weighted by molar-refractivity contribution is -0.924. The van der Waals surface area contributed by atoms with Crippen molar-refractivity contribution in [1.82, 2.24) is 5.16 Å². The van der Waals surface area contributed by atoms with Gasteiger partial charge in [-0.3, -0.25) is 4.79 Å². The Bertz CT molecular complexity index is 730. The predicted octanol–water partition coefficient (Wildman–Crippen LogP) is 1.21. The standard InChI is InChI=1S/C16H16FN3O2/c1-10-9-14(18-22-10)20-15(11-5-2-3-6-12(11)17)19-8-4-7-13(19)16(20)21/h2-3,5-6,9,13,15H,4,7-8H2,1H3/p+1. The van der Waals surface area contributed by atoms with Gasteiger partial charge in [-0.05, 0) is 19.1 Å². The van der Waals surface area contributed by atoms with Gasteiger partial charge in [-0.25, -0.2) is 9.29 Å². The zero-order chi connectivity index (χ0) is 15.3. The van der Waals surface area contributed by atoms with E-state index in [4.69, 9.17) is 4.52 Å². The molecule has 6 heteroatoms. The molecule has 0 bridgehead atoms. The lowest BCUT2D eigenvalue weighted by Gasteiger charge is -2.24. The third-order valence-corrected chi connectivity index (χ3v) is 4.61. The van der Waals surface area contributed by atoms with Crippen LogP contribution in [-0.4, -0.2) is 23.7 Å². The lowest BCUT2D eigenvalue weighted by atomic mass is 10.1. The molecule has 0 saturated carbocycles. The maximum atomic E-state index is 14.3. The Balaban J connectivity index is 1.84. The number of nitrogens with one attached hydrogen (secondary N) is 1. The van der Waals surface area contributed by atoms with Crippen molar-refractivity contribution in [3.63, 3.8) is 0 Å². The van der Waals surface area contributed by atoms with Gasteiger partial charge in [0.25, 0.3) is 5.91 Å². The summed E-state index contributed by atoms with van der Waals surface area (Å²) in [6.07, 6.45) is 1.46. The molecule has 114 valence electrons. The van der Waals surface area contributed by atoms with Crippen LogP contribution in [0.2, 0.25) is 0 Å². The number of quaternary nitrogens is 1. The molecule has 1 aromatic heterocycles.